The molecular weight excluding hydrogens is 330 g/mol. The lowest BCUT2D eigenvalue weighted by Gasteiger charge is -2.32. The van der Waals surface area contributed by atoms with Crippen molar-refractivity contribution in [2.75, 3.05) is 0 Å². The third-order valence-corrected chi connectivity index (χ3v) is 6.28. The number of hydrogen-bond donors (Lipinski definition) is 2. The van der Waals surface area contributed by atoms with Crippen LogP contribution in [-0.4, -0.2) is 48.1 Å². The zero-order valence-corrected chi connectivity index (χ0v) is 16.9. The first-order valence-electron chi connectivity index (χ1n) is 9.00. The molecule has 8 heteroatoms. The second-order valence-corrected chi connectivity index (χ2v) is 9.17. The Morgan fingerprint density at radius 1 is 0.577 bits per heavy atom. The Morgan fingerprint density at radius 3 is 1.04 bits per heavy atom. The third kappa shape index (κ3) is 2.83. The van der Waals surface area contributed by atoms with Gasteiger partial charge in [-0.05, 0) is 55.4 Å². The molecule has 2 saturated heterocycles. The molecule has 1 aliphatic carbocycles. The molecule has 0 aromatic heterocycles. The highest BCUT2D eigenvalue weighted by Gasteiger charge is 2.56. The first kappa shape index (κ1) is 19.5. The van der Waals surface area contributed by atoms with Crippen LogP contribution in [0.2, 0.25) is 0 Å². The minimum atomic E-state index is -0.663. The molecule has 0 saturated carbocycles. The molecule has 0 atom stereocenters. The predicted molar refractivity (Wildman–Crippen MR) is 104 cm³/mol. The minimum Gasteiger partial charge on any atom is -0.399 e. The average molecular weight is 358 g/mol. The van der Waals surface area contributed by atoms with Gasteiger partial charge in [-0.2, -0.15) is 0 Å². The van der Waals surface area contributed by atoms with E-state index in [2.05, 4.69) is 0 Å². The molecule has 2 heterocycles. The van der Waals surface area contributed by atoms with Gasteiger partial charge in [-0.15, -0.1) is 0 Å². The number of hydrogen-bond acceptors (Lipinski definition) is 6. The van der Waals surface area contributed by atoms with E-state index in [-0.39, 0.29) is 11.4 Å². The Hall–Kier alpha value is -1.21. The molecule has 0 unspecified atom stereocenters. The quantitative estimate of drug-likeness (QED) is 0.587. The Kier molecular flexibility index (Phi) is 4.24. The van der Waals surface area contributed by atoms with Crippen molar-refractivity contribution in [1.82, 2.24) is 0 Å². The van der Waals surface area contributed by atoms with Crippen molar-refractivity contribution in [1.29, 1.82) is 10.8 Å². The number of rotatable bonds is 2. The highest BCUT2D eigenvalue weighted by Crippen LogP contribution is 2.41. The highest BCUT2D eigenvalue weighted by atomic mass is 16.7. The van der Waals surface area contributed by atoms with Crippen molar-refractivity contribution < 1.29 is 18.6 Å². The molecule has 0 spiro atoms. The standard InChI is InChI=1S/C18H28B2N2O4/c1-15(2)16(3,4)24-19(23-15)11-9-10-12(14(22)13(11)21)20-25-17(5,6)18(7,8)26-20/h9-10,21-22H,1-8H3. The molecule has 0 aromatic carbocycles. The fourth-order valence-corrected chi connectivity index (χ4v) is 2.97. The van der Waals surface area contributed by atoms with E-state index in [1.54, 1.807) is 12.2 Å². The van der Waals surface area contributed by atoms with Gasteiger partial charge in [-0.1, -0.05) is 12.2 Å². The van der Waals surface area contributed by atoms with Gasteiger partial charge in [0.05, 0.1) is 33.8 Å². The molecule has 2 fully saturated rings. The van der Waals surface area contributed by atoms with Gasteiger partial charge in [-0.25, -0.2) is 0 Å². The topological polar surface area (TPSA) is 84.6 Å². The molecule has 140 valence electrons. The first-order valence-corrected chi connectivity index (χ1v) is 9.00. The number of nitrogens with one attached hydrogen (secondary N) is 2. The van der Waals surface area contributed by atoms with Crippen LogP contribution in [-0.2, 0) is 18.6 Å². The van der Waals surface area contributed by atoms with Crippen molar-refractivity contribution in [2.45, 2.75) is 77.8 Å². The lowest BCUT2D eigenvalue weighted by molar-refractivity contribution is 0.00578. The van der Waals surface area contributed by atoms with Crippen LogP contribution in [0.5, 0.6) is 0 Å². The molecule has 0 aromatic rings. The summed E-state index contributed by atoms with van der Waals surface area (Å²) >= 11 is 0. The Bertz CT molecular complexity index is 643. The van der Waals surface area contributed by atoms with Crippen LogP contribution in [0.1, 0.15) is 55.4 Å². The Balaban J connectivity index is 1.88. The normalized spacial score (nSPS) is 29.1. The van der Waals surface area contributed by atoms with Crippen molar-refractivity contribution in [3.63, 3.8) is 0 Å². The fourth-order valence-electron chi connectivity index (χ4n) is 2.97. The smallest absolute Gasteiger partial charge is 0.399 e. The third-order valence-electron chi connectivity index (χ3n) is 6.28. The summed E-state index contributed by atoms with van der Waals surface area (Å²) in [5.74, 6) is 0. The van der Waals surface area contributed by atoms with Crippen LogP contribution < -0.4 is 0 Å². The minimum absolute atomic E-state index is 0.0794. The lowest BCUT2D eigenvalue weighted by atomic mass is 9.65. The van der Waals surface area contributed by atoms with Gasteiger partial charge in [0.25, 0.3) is 0 Å². The first-order chi connectivity index (χ1) is 11.7. The van der Waals surface area contributed by atoms with Crippen molar-refractivity contribution in [3.8, 4) is 0 Å². The van der Waals surface area contributed by atoms with E-state index in [4.69, 9.17) is 29.4 Å². The second kappa shape index (κ2) is 5.64. The van der Waals surface area contributed by atoms with E-state index in [9.17, 15) is 0 Å². The predicted octanol–water partition coefficient (Wildman–Crippen LogP) is 3.16. The summed E-state index contributed by atoms with van der Waals surface area (Å²) in [7, 11) is -1.33. The largest absolute Gasteiger partial charge is 0.497 e. The van der Waals surface area contributed by atoms with Gasteiger partial charge >= 0.3 is 14.2 Å². The maximum atomic E-state index is 8.46. The van der Waals surface area contributed by atoms with E-state index in [1.807, 2.05) is 55.4 Å². The SMILES string of the molecule is CC1(C)OB(C2=CC=C(B3OC(C)(C)C(C)(C)O3)C(=N)C2=N)OC1(C)C. The molecule has 2 N–H and O–H groups in total. The molecule has 2 aliphatic heterocycles. The molecule has 0 bridgehead atoms. The van der Waals surface area contributed by atoms with Gasteiger partial charge in [0.2, 0.25) is 0 Å². The molecule has 3 aliphatic rings. The monoisotopic (exact) mass is 358 g/mol. The summed E-state index contributed by atoms with van der Waals surface area (Å²) in [6, 6.07) is 0. The zero-order valence-electron chi connectivity index (χ0n) is 16.9. The van der Waals surface area contributed by atoms with Gasteiger partial charge in [0, 0.05) is 10.9 Å². The molecule has 0 radical (unpaired) electrons. The van der Waals surface area contributed by atoms with Gasteiger partial charge in [0.15, 0.2) is 0 Å². The summed E-state index contributed by atoms with van der Waals surface area (Å²) in [5.41, 5.74) is -0.699. The zero-order chi connectivity index (χ0) is 19.7. The van der Waals surface area contributed by atoms with E-state index in [1.165, 1.54) is 0 Å². The van der Waals surface area contributed by atoms with Crippen LogP contribution >= 0.6 is 0 Å². The summed E-state index contributed by atoms with van der Waals surface area (Å²) in [5, 5.41) is 16.9. The lowest BCUT2D eigenvalue weighted by Crippen LogP contribution is -2.41. The maximum Gasteiger partial charge on any atom is 0.497 e. The summed E-state index contributed by atoms with van der Waals surface area (Å²) < 4.78 is 24.1. The summed E-state index contributed by atoms with van der Waals surface area (Å²) in [6.45, 7) is 15.8. The highest BCUT2D eigenvalue weighted by molar-refractivity contribution is 6.78. The van der Waals surface area contributed by atoms with Crippen LogP contribution in [0.4, 0.5) is 0 Å². The Morgan fingerprint density at radius 2 is 0.808 bits per heavy atom. The van der Waals surface area contributed by atoms with Gasteiger partial charge in [-0.3, -0.25) is 10.8 Å². The van der Waals surface area contributed by atoms with Gasteiger partial charge < -0.3 is 18.6 Å². The van der Waals surface area contributed by atoms with Crippen molar-refractivity contribution in [2.24, 2.45) is 0 Å². The molecule has 26 heavy (non-hydrogen) atoms. The summed E-state index contributed by atoms with van der Waals surface area (Å²) in [6.07, 6.45) is 3.56. The van der Waals surface area contributed by atoms with Gasteiger partial charge in [0.1, 0.15) is 0 Å². The maximum absolute atomic E-state index is 8.46. The van der Waals surface area contributed by atoms with Crippen LogP contribution in [0, 0.1) is 10.8 Å². The molecule has 6 nitrogen and oxygen atoms in total. The number of allylic oxidation sites excluding steroid dienone is 4. The van der Waals surface area contributed by atoms with Crippen LogP contribution in [0.15, 0.2) is 23.1 Å². The Labute approximate surface area is 156 Å². The van der Waals surface area contributed by atoms with E-state index < -0.39 is 36.6 Å². The average Bonchev–Trinajstić information content (AvgIpc) is 2.81. The molecule has 3 rings (SSSR count). The van der Waals surface area contributed by atoms with Crippen molar-refractivity contribution in [3.05, 3.63) is 23.1 Å². The van der Waals surface area contributed by atoms with E-state index in [0.29, 0.717) is 10.9 Å². The molecular formula is C18H28B2N2O4. The van der Waals surface area contributed by atoms with Crippen LogP contribution in [0.3, 0.4) is 0 Å². The molecule has 0 amide bonds. The van der Waals surface area contributed by atoms with E-state index in [0.717, 1.165) is 0 Å². The summed E-state index contributed by atoms with van der Waals surface area (Å²) in [4.78, 5) is 0. The fraction of sp³-hybridized carbons (Fsp3) is 0.667. The van der Waals surface area contributed by atoms with Crippen LogP contribution in [0.25, 0.3) is 0 Å². The second-order valence-electron chi connectivity index (χ2n) is 9.17. The van der Waals surface area contributed by atoms with Crippen molar-refractivity contribution >= 4 is 25.7 Å². The van der Waals surface area contributed by atoms with E-state index >= 15 is 0 Å².